The van der Waals surface area contributed by atoms with Crippen molar-refractivity contribution in [2.75, 3.05) is 0 Å². The molecule has 0 spiro atoms. The number of nitrogens with one attached hydrogen (secondary N) is 1. The van der Waals surface area contributed by atoms with E-state index in [-0.39, 0.29) is 5.82 Å². The van der Waals surface area contributed by atoms with E-state index in [9.17, 15) is 4.39 Å². The van der Waals surface area contributed by atoms with E-state index in [1.165, 1.54) is 12.1 Å². The molecule has 94 valence electrons. The van der Waals surface area contributed by atoms with Crippen LogP contribution in [0.5, 0.6) is 0 Å². The van der Waals surface area contributed by atoms with Crippen molar-refractivity contribution in [2.24, 2.45) is 0 Å². The highest BCUT2D eigenvalue weighted by atomic mass is 35.5. The monoisotopic (exact) mass is 282 g/mol. The van der Waals surface area contributed by atoms with E-state index in [1.54, 1.807) is 6.07 Å². The van der Waals surface area contributed by atoms with Gasteiger partial charge in [-0.15, -0.1) is 0 Å². The summed E-state index contributed by atoms with van der Waals surface area (Å²) in [7, 11) is 0. The second-order valence-corrected chi connectivity index (χ2v) is 4.77. The first-order chi connectivity index (χ1) is 8.52. The highest BCUT2D eigenvalue weighted by Gasteiger charge is 2.09. The van der Waals surface area contributed by atoms with Crippen LogP contribution in [0.4, 0.5) is 4.39 Å². The molecule has 1 N–H and O–H groups in total. The van der Waals surface area contributed by atoms with Crippen LogP contribution in [0.25, 0.3) is 11.4 Å². The van der Waals surface area contributed by atoms with Gasteiger partial charge in [0, 0.05) is 16.8 Å². The molecule has 2 rings (SSSR count). The summed E-state index contributed by atoms with van der Waals surface area (Å²) in [6.45, 7) is 3.96. The third-order valence-electron chi connectivity index (χ3n) is 2.80. The first kappa shape index (κ1) is 13.2. The van der Waals surface area contributed by atoms with Crippen LogP contribution in [-0.2, 0) is 6.42 Å². The first-order valence-corrected chi connectivity index (χ1v) is 6.36. The summed E-state index contributed by atoms with van der Waals surface area (Å²) in [4.78, 5) is 7.49. The van der Waals surface area contributed by atoms with Gasteiger partial charge in [-0.25, -0.2) is 9.37 Å². The average molecular weight is 283 g/mol. The maximum absolute atomic E-state index is 13.0. The molecule has 1 aromatic heterocycles. The van der Waals surface area contributed by atoms with Gasteiger partial charge in [-0.3, -0.25) is 0 Å². The zero-order valence-electron chi connectivity index (χ0n) is 10.1. The minimum Gasteiger partial charge on any atom is -0.343 e. The second-order valence-electron chi connectivity index (χ2n) is 3.97. The van der Waals surface area contributed by atoms with Gasteiger partial charge in [-0.1, -0.05) is 30.7 Å². The fourth-order valence-electron chi connectivity index (χ4n) is 1.74. The summed E-state index contributed by atoms with van der Waals surface area (Å²) in [6.07, 6.45) is 0.823. The molecule has 0 amide bonds. The number of nitrogens with zero attached hydrogens (tertiary/aromatic N) is 1. The third kappa shape index (κ3) is 2.44. The van der Waals surface area contributed by atoms with Gasteiger partial charge in [0.2, 0.25) is 0 Å². The minimum absolute atomic E-state index is 0.319. The van der Waals surface area contributed by atoms with Gasteiger partial charge >= 0.3 is 0 Å². The van der Waals surface area contributed by atoms with E-state index in [2.05, 4.69) is 9.97 Å². The fourth-order valence-corrected chi connectivity index (χ4v) is 2.21. The Morgan fingerprint density at radius 1 is 1.44 bits per heavy atom. The van der Waals surface area contributed by atoms with Crippen molar-refractivity contribution in [3.8, 4) is 11.4 Å². The molecular weight excluding hydrogens is 271 g/mol. The molecule has 0 saturated heterocycles. The molecule has 18 heavy (non-hydrogen) atoms. The van der Waals surface area contributed by atoms with E-state index in [1.807, 2.05) is 13.8 Å². The van der Waals surface area contributed by atoms with E-state index in [4.69, 9.17) is 23.8 Å². The normalized spacial score (nSPS) is 10.7. The molecule has 0 radical (unpaired) electrons. The summed E-state index contributed by atoms with van der Waals surface area (Å²) in [5.41, 5.74) is 2.64. The predicted octanol–water partition coefficient (Wildman–Crippen LogP) is 4.47. The molecule has 0 fully saturated rings. The molecule has 0 aliphatic carbocycles. The van der Waals surface area contributed by atoms with Crippen molar-refractivity contribution in [1.29, 1.82) is 0 Å². The quantitative estimate of drug-likeness (QED) is 0.823. The largest absolute Gasteiger partial charge is 0.343 e. The molecule has 0 atom stereocenters. The van der Waals surface area contributed by atoms with Crippen LogP contribution < -0.4 is 0 Å². The number of benzene rings is 1. The molecule has 0 bridgehead atoms. The Kier molecular flexibility index (Phi) is 3.78. The minimum atomic E-state index is -0.370. The molecule has 0 saturated carbocycles. The van der Waals surface area contributed by atoms with Crippen LogP contribution >= 0.6 is 23.8 Å². The molecular formula is C13H12ClFN2S. The molecule has 0 unspecified atom stereocenters. The highest BCUT2D eigenvalue weighted by molar-refractivity contribution is 7.71. The zero-order chi connectivity index (χ0) is 13.3. The topological polar surface area (TPSA) is 28.7 Å². The summed E-state index contributed by atoms with van der Waals surface area (Å²) in [5, 5.41) is 0.319. The predicted molar refractivity (Wildman–Crippen MR) is 73.9 cm³/mol. The molecule has 2 nitrogen and oxygen atoms in total. The molecule has 1 aromatic carbocycles. The van der Waals surface area contributed by atoms with E-state index in [0.717, 1.165) is 17.7 Å². The van der Waals surface area contributed by atoms with E-state index >= 15 is 0 Å². The maximum Gasteiger partial charge on any atom is 0.140 e. The van der Waals surface area contributed by atoms with Crippen LogP contribution in [-0.4, -0.2) is 9.97 Å². The van der Waals surface area contributed by atoms with Crippen molar-refractivity contribution >= 4 is 23.8 Å². The number of aryl methyl sites for hydroxylation is 1. The first-order valence-electron chi connectivity index (χ1n) is 5.58. The average Bonchev–Trinajstić information content (AvgIpc) is 2.32. The number of halogens is 2. The number of aromatic amines is 1. The Bertz CT molecular complexity index is 652. The Morgan fingerprint density at radius 2 is 2.17 bits per heavy atom. The highest BCUT2D eigenvalue weighted by Crippen LogP contribution is 2.26. The Morgan fingerprint density at radius 3 is 2.78 bits per heavy atom. The summed E-state index contributed by atoms with van der Waals surface area (Å²) in [5.74, 6) is 0.206. The van der Waals surface area contributed by atoms with Crippen molar-refractivity contribution in [3.05, 3.63) is 44.9 Å². The summed E-state index contributed by atoms with van der Waals surface area (Å²) < 4.78 is 13.6. The van der Waals surface area contributed by atoms with Crippen LogP contribution in [0.15, 0.2) is 18.2 Å². The van der Waals surface area contributed by atoms with Crippen molar-refractivity contribution in [3.63, 3.8) is 0 Å². The van der Waals surface area contributed by atoms with Gasteiger partial charge in [0.1, 0.15) is 16.3 Å². The van der Waals surface area contributed by atoms with Crippen molar-refractivity contribution < 1.29 is 4.39 Å². The van der Waals surface area contributed by atoms with E-state index < -0.39 is 0 Å². The van der Waals surface area contributed by atoms with Crippen molar-refractivity contribution in [1.82, 2.24) is 9.97 Å². The van der Waals surface area contributed by atoms with Crippen LogP contribution in [0.2, 0.25) is 5.02 Å². The molecule has 2 aromatic rings. The number of rotatable bonds is 2. The smallest absolute Gasteiger partial charge is 0.140 e. The van der Waals surface area contributed by atoms with Crippen LogP contribution in [0, 0.1) is 17.4 Å². The number of hydrogen-bond donors (Lipinski definition) is 1. The zero-order valence-corrected chi connectivity index (χ0v) is 11.6. The van der Waals surface area contributed by atoms with Gasteiger partial charge < -0.3 is 4.98 Å². The molecule has 0 aliphatic rings. The Balaban J connectivity index is 2.64. The van der Waals surface area contributed by atoms with Crippen LogP contribution in [0.1, 0.15) is 18.2 Å². The third-order valence-corrected chi connectivity index (χ3v) is 3.51. The van der Waals surface area contributed by atoms with Gasteiger partial charge in [-0.05, 0) is 31.5 Å². The molecule has 5 heteroatoms. The Labute approximate surface area is 115 Å². The van der Waals surface area contributed by atoms with Crippen molar-refractivity contribution in [2.45, 2.75) is 20.3 Å². The maximum atomic E-state index is 13.0. The summed E-state index contributed by atoms with van der Waals surface area (Å²) in [6, 6.07) is 4.21. The fraction of sp³-hybridized carbons (Fsp3) is 0.231. The Hall–Kier alpha value is -1.26. The number of H-pyrrole nitrogens is 1. The van der Waals surface area contributed by atoms with E-state index in [0.29, 0.717) is 21.1 Å². The standard InChI is InChI=1S/C13H12ClFN2S/c1-3-11-7(2)13(18)17-12(16-11)9-5-4-8(15)6-10(9)14/h4-6H,3H2,1-2H3,(H,16,17,18). The lowest BCUT2D eigenvalue weighted by atomic mass is 10.1. The van der Waals surface area contributed by atoms with Gasteiger partial charge in [0.05, 0.1) is 5.02 Å². The van der Waals surface area contributed by atoms with Gasteiger partial charge in [-0.2, -0.15) is 0 Å². The lowest BCUT2D eigenvalue weighted by molar-refractivity contribution is 0.628. The molecule has 1 heterocycles. The lowest BCUT2D eigenvalue weighted by Crippen LogP contribution is -1.99. The second kappa shape index (κ2) is 5.16. The lowest BCUT2D eigenvalue weighted by Gasteiger charge is -2.09. The number of aromatic nitrogens is 2. The van der Waals surface area contributed by atoms with Gasteiger partial charge in [0.15, 0.2) is 0 Å². The number of hydrogen-bond acceptors (Lipinski definition) is 2. The van der Waals surface area contributed by atoms with Crippen LogP contribution in [0.3, 0.4) is 0 Å². The van der Waals surface area contributed by atoms with Gasteiger partial charge in [0.25, 0.3) is 0 Å². The summed E-state index contributed by atoms with van der Waals surface area (Å²) >= 11 is 11.2. The SMILES string of the molecule is CCc1[nH]c(-c2ccc(F)cc2Cl)nc(=S)c1C. The molecule has 0 aliphatic heterocycles.